The summed E-state index contributed by atoms with van der Waals surface area (Å²) in [5, 5.41) is 0. The molecule has 0 aromatic carbocycles. The molecule has 0 fully saturated rings. The number of rotatable bonds is 13. The first-order valence-corrected chi connectivity index (χ1v) is 10.6. The maximum atomic E-state index is 6.76. The van der Waals surface area contributed by atoms with Crippen molar-refractivity contribution in [3.63, 3.8) is 0 Å². The molecule has 0 atom stereocenters. The van der Waals surface area contributed by atoms with Gasteiger partial charge >= 0.3 is 0 Å². The van der Waals surface area contributed by atoms with Gasteiger partial charge in [0.05, 0.1) is 14.7 Å². The van der Waals surface area contributed by atoms with Crippen LogP contribution in [0.3, 0.4) is 0 Å². The molecule has 0 aliphatic heterocycles. The van der Waals surface area contributed by atoms with E-state index in [0.717, 1.165) is 25.8 Å². The van der Waals surface area contributed by atoms with Crippen molar-refractivity contribution in [1.82, 2.24) is 0 Å². The molecule has 0 amide bonds. The zero-order valence-electron chi connectivity index (χ0n) is 12.7. The van der Waals surface area contributed by atoms with E-state index < -0.39 is 8.07 Å². The van der Waals surface area contributed by atoms with Gasteiger partial charge in [-0.25, -0.2) is 0 Å². The van der Waals surface area contributed by atoms with E-state index in [1.165, 1.54) is 51.0 Å². The standard InChI is InChI=1S/C14H30OSSi/c1-4-17(2,3)14-12-10-8-6-5-7-9-11-13-15-16/h4,16H,1,5-14H2,2-3H3/i/hT. The average Bonchev–Trinajstić information content (AvgIpc) is 2.36. The predicted octanol–water partition coefficient (Wildman–Crippen LogP) is 5.40. The maximum absolute atomic E-state index is 6.76. The van der Waals surface area contributed by atoms with Crippen LogP contribution in [0.15, 0.2) is 12.3 Å². The highest BCUT2D eigenvalue weighted by molar-refractivity contribution is 7.75. The minimum Gasteiger partial charge on any atom is -0.319 e. The maximum Gasteiger partial charge on any atom is 0.135 e. The predicted molar refractivity (Wildman–Crippen MR) is 84.4 cm³/mol. The topological polar surface area (TPSA) is 9.23 Å². The summed E-state index contributed by atoms with van der Waals surface area (Å²) < 4.78 is 11.7. The van der Waals surface area contributed by atoms with E-state index in [2.05, 4.69) is 25.4 Å². The lowest BCUT2D eigenvalue weighted by atomic mass is 10.1. The Morgan fingerprint density at radius 3 is 2.12 bits per heavy atom. The summed E-state index contributed by atoms with van der Waals surface area (Å²) in [5.41, 5.74) is 2.21. The van der Waals surface area contributed by atoms with Crippen molar-refractivity contribution >= 4 is 20.9 Å². The molecule has 3 heteroatoms. The van der Waals surface area contributed by atoms with Crippen molar-refractivity contribution in [2.45, 2.75) is 70.5 Å². The summed E-state index contributed by atoms with van der Waals surface area (Å²) >= 11 is 0.729. The largest absolute Gasteiger partial charge is 0.319 e. The Bertz CT molecular complexity index is 200. The third kappa shape index (κ3) is 12.5. The lowest BCUT2D eigenvalue weighted by molar-refractivity contribution is 0.361. The zero-order valence-corrected chi connectivity index (χ0v) is 13.5. The van der Waals surface area contributed by atoms with E-state index in [4.69, 9.17) is 5.31 Å². The van der Waals surface area contributed by atoms with Crippen LogP contribution in [-0.4, -0.2) is 15.8 Å². The molecule has 1 nitrogen and oxygen atoms in total. The molecule has 0 aliphatic carbocycles. The van der Waals surface area contributed by atoms with Crippen molar-refractivity contribution in [2.75, 3.05) is 6.61 Å². The van der Waals surface area contributed by atoms with E-state index in [0.29, 0.717) is 0 Å². The van der Waals surface area contributed by atoms with E-state index in [9.17, 15) is 0 Å². The van der Waals surface area contributed by atoms with E-state index in [1.807, 2.05) is 0 Å². The van der Waals surface area contributed by atoms with Gasteiger partial charge in [-0.1, -0.05) is 64.1 Å². The fraction of sp³-hybridized carbons (Fsp3) is 0.857. The van der Waals surface area contributed by atoms with Gasteiger partial charge in [-0.2, -0.15) is 0 Å². The molecule has 0 spiro atoms. The number of hydrogen-bond acceptors (Lipinski definition) is 2. The molecule has 0 aromatic heterocycles. The minimum absolute atomic E-state index is 0.729. The molecule has 0 saturated heterocycles. The van der Waals surface area contributed by atoms with Gasteiger partial charge < -0.3 is 4.18 Å². The molecule has 0 radical (unpaired) electrons. The SMILES string of the molecule is [3H]SOCCCCCCCCCC[Si](C)(C)C=C. The van der Waals surface area contributed by atoms with Gasteiger partial charge in [-0.05, 0) is 19.2 Å². The average molecular weight is 277 g/mol. The fourth-order valence-electron chi connectivity index (χ4n) is 1.90. The fourth-order valence-corrected chi connectivity index (χ4v) is 3.39. The highest BCUT2D eigenvalue weighted by atomic mass is 32.1. The van der Waals surface area contributed by atoms with Gasteiger partial charge in [0.25, 0.3) is 0 Å². The summed E-state index contributed by atoms with van der Waals surface area (Å²) in [7, 11) is -1.04. The van der Waals surface area contributed by atoms with Crippen LogP contribution in [0.5, 0.6) is 0 Å². The van der Waals surface area contributed by atoms with Gasteiger partial charge in [0.2, 0.25) is 0 Å². The molecule has 102 valence electrons. The van der Waals surface area contributed by atoms with Gasteiger partial charge in [0.1, 0.15) is 1.12 Å². The Hall–Kier alpha value is 0.267. The molecule has 0 rings (SSSR count). The molecule has 0 bridgehead atoms. The summed E-state index contributed by atoms with van der Waals surface area (Å²) in [4.78, 5) is 0. The number of unbranched alkanes of at least 4 members (excludes halogenated alkanes) is 7. The molecule has 0 heterocycles. The van der Waals surface area contributed by atoms with Crippen LogP contribution in [0.1, 0.15) is 51.4 Å². The Balaban J connectivity index is 3.10. The molecular formula is C14H30OSSi. The third-order valence-corrected chi connectivity index (χ3v) is 6.27. The van der Waals surface area contributed by atoms with E-state index >= 15 is 0 Å². The first-order chi connectivity index (χ1) is 8.62. The first-order valence-electron chi connectivity index (χ1n) is 7.41. The van der Waals surface area contributed by atoms with Crippen LogP contribution in [-0.2, 0) is 4.18 Å². The van der Waals surface area contributed by atoms with Crippen molar-refractivity contribution in [3.05, 3.63) is 12.3 Å². The third-order valence-electron chi connectivity index (χ3n) is 3.35. The Labute approximate surface area is 116 Å². The highest BCUT2D eigenvalue weighted by Crippen LogP contribution is 2.17. The lowest BCUT2D eigenvalue weighted by Crippen LogP contribution is -2.21. The van der Waals surface area contributed by atoms with Crippen LogP contribution in [0.4, 0.5) is 0 Å². The molecule has 0 aromatic rings. The van der Waals surface area contributed by atoms with Gasteiger partial charge in [-0.15, -0.1) is 12.3 Å². The Morgan fingerprint density at radius 2 is 1.59 bits per heavy atom. The smallest absolute Gasteiger partial charge is 0.135 e. The normalized spacial score (nSPS) is 12.5. The van der Waals surface area contributed by atoms with Gasteiger partial charge in [0, 0.05) is 0 Å². The van der Waals surface area contributed by atoms with Crippen LogP contribution < -0.4 is 0 Å². The zero-order chi connectivity index (χ0) is 13.7. The summed E-state index contributed by atoms with van der Waals surface area (Å²) in [6.45, 7) is 9.47. The summed E-state index contributed by atoms with van der Waals surface area (Å²) in [6.07, 6.45) is 10.6. The monoisotopic (exact) mass is 276 g/mol. The van der Waals surface area contributed by atoms with Gasteiger partial charge in [-0.3, -0.25) is 0 Å². The van der Waals surface area contributed by atoms with Crippen LogP contribution in [0, 0.1) is 0 Å². The minimum atomic E-state index is -1.04. The number of thiol groups is 1. The quantitative estimate of drug-likeness (QED) is 0.205. The molecule has 0 unspecified atom stereocenters. The molecular weight excluding hydrogens is 244 g/mol. The second-order valence-electron chi connectivity index (χ2n) is 5.59. The van der Waals surface area contributed by atoms with Crippen molar-refractivity contribution in [2.24, 2.45) is 0 Å². The second-order valence-corrected chi connectivity index (χ2v) is 10.7. The summed E-state index contributed by atoms with van der Waals surface area (Å²) in [6, 6.07) is 1.40. The van der Waals surface area contributed by atoms with E-state index in [-0.39, 0.29) is 0 Å². The Morgan fingerprint density at radius 1 is 1.06 bits per heavy atom. The second kappa shape index (κ2) is 11.4. The lowest BCUT2D eigenvalue weighted by Gasteiger charge is -2.16. The Kier molecular flexibility index (Phi) is 10.2. The molecule has 0 saturated carbocycles. The van der Waals surface area contributed by atoms with Crippen LogP contribution >= 0.6 is 12.8 Å². The van der Waals surface area contributed by atoms with Gasteiger partial charge in [0.15, 0.2) is 0 Å². The highest BCUT2D eigenvalue weighted by Gasteiger charge is 2.14. The summed E-state index contributed by atoms with van der Waals surface area (Å²) in [5.74, 6) is 0. The van der Waals surface area contributed by atoms with Crippen LogP contribution in [0.25, 0.3) is 0 Å². The van der Waals surface area contributed by atoms with Crippen molar-refractivity contribution in [1.29, 1.82) is 1.12 Å². The van der Waals surface area contributed by atoms with Crippen molar-refractivity contribution < 1.29 is 4.18 Å². The molecule has 17 heavy (non-hydrogen) atoms. The molecule has 0 aliphatic rings. The number of hydrogen-bond donors (Lipinski definition) is 1. The van der Waals surface area contributed by atoms with E-state index in [1.54, 1.807) is 0 Å². The van der Waals surface area contributed by atoms with Crippen molar-refractivity contribution in [3.8, 4) is 0 Å². The molecule has 0 N–H and O–H groups in total. The first kappa shape index (κ1) is 15.3. The van der Waals surface area contributed by atoms with Crippen LogP contribution in [0.2, 0.25) is 19.1 Å².